The van der Waals surface area contributed by atoms with Crippen molar-refractivity contribution in [3.8, 4) is 11.3 Å². The van der Waals surface area contributed by atoms with Crippen molar-refractivity contribution in [2.75, 3.05) is 51.1 Å². The number of aromatic nitrogens is 3. The third kappa shape index (κ3) is 4.90. The molecule has 5 rings (SSSR count). The molecule has 38 heavy (non-hydrogen) atoms. The molecule has 1 N–H and O–H groups in total. The van der Waals surface area contributed by atoms with Gasteiger partial charge in [-0.25, -0.2) is 9.97 Å². The van der Waals surface area contributed by atoms with E-state index in [2.05, 4.69) is 27.0 Å². The molecular formula is C27H30ClN7O3. The fourth-order valence-corrected chi connectivity index (χ4v) is 5.00. The summed E-state index contributed by atoms with van der Waals surface area (Å²) in [5.74, 6) is 0.302. The predicted octanol–water partition coefficient (Wildman–Crippen LogP) is 5.24. The van der Waals surface area contributed by atoms with E-state index in [1.165, 1.54) is 6.07 Å². The Bertz CT molecular complexity index is 1520. The van der Waals surface area contributed by atoms with Gasteiger partial charge in [-0.3, -0.25) is 10.1 Å². The van der Waals surface area contributed by atoms with Crippen molar-refractivity contribution in [3.63, 3.8) is 0 Å². The molecule has 2 aromatic carbocycles. The molecule has 11 heteroatoms. The first kappa shape index (κ1) is 25.9. The highest BCUT2D eigenvalue weighted by Gasteiger charge is 2.25. The second kappa shape index (κ2) is 10.6. The van der Waals surface area contributed by atoms with Crippen LogP contribution in [-0.4, -0.2) is 65.2 Å². The molecule has 198 valence electrons. The lowest BCUT2D eigenvalue weighted by atomic mass is 10.1. The number of aryl methyl sites for hydroxylation is 1. The van der Waals surface area contributed by atoms with Gasteiger partial charge in [-0.2, -0.15) is 0 Å². The molecule has 0 saturated heterocycles. The van der Waals surface area contributed by atoms with Crippen LogP contribution in [0.15, 0.2) is 42.6 Å². The van der Waals surface area contributed by atoms with Gasteiger partial charge >= 0.3 is 0 Å². The molecule has 1 aliphatic rings. The number of nitro benzene ring substituents is 1. The van der Waals surface area contributed by atoms with Gasteiger partial charge in [-0.1, -0.05) is 29.8 Å². The number of hydrogen-bond donors (Lipinski definition) is 1. The van der Waals surface area contributed by atoms with E-state index in [-0.39, 0.29) is 10.6 Å². The topological polar surface area (TPSA) is 102 Å². The minimum Gasteiger partial charge on any atom is -0.373 e. The van der Waals surface area contributed by atoms with Gasteiger partial charge in [0.2, 0.25) is 5.95 Å². The van der Waals surface area contributed by atoms with Gasteiger partial charge in [0.25, 0.3) is 5.69 Å². The second-order valence-corrected chi connectivity index (χ2v) is 10.1. The number of nitrogens with one attached hydrogen (secondary N) is 1. The highest BCUT2D eigenvalue weighted by atomic mass is 35.5. The minimum atomic E-state index is -0.361. The minimum absolute atomic E-state index is 0.0122. The van der Waals surface area contributed by atoms with E-state index in [1.807, 2.05) is 56.1 Å². The summed E-state index contributed by atoms with van der Waals surface area (Å²) in [6.07, 6.45) is 1.56. The number of benzene rings is 2. The number of ether oxygens (including phenoxy) is 1. The van der Waals surface area contributed by atoms with E-state index in [0.29, 0.717) is 47.8 Å². The Labute approximate surface area is 226 Å². The van der Waals surface area contributed by atoms with Crippen LogP contribution in [0.4, 0.5) is 23.0 Å². The fraction of sp³-hybridized carbons (Fsp3) is 0.333. The van der Waals surface area contributed by atoms with Crippen LogP contribution in [0, 0.1) is 17.0 Å². The Morgan fingerprint density at radius 2 is 2.00 bits per heavy atom. The van der Waals surface area contributed by atoms with Crippen molar-refractivity contribution in [3.05, 3.63) is 69.0 Å². The van der Waals surface area contributed by atoms with E-state index in [4.69, 9.17) is 21.3 Å². The molecule has 0 unspecified atom stereocenters. The van der Waals surface area contributed by atoms with Crippen LogP contribution in [0.5, 0.6) is 0 Å². The highest BCUT2D eigenvalue weighted by molar-refractivity contribution is 6.33. The van der Waals surface area contributed by atoms with Gasteiger partial charge in [0.05, 0.1) is 46.4 Å². The smallest absolute Gasteiger partial charge is 0.294 e. The monoisotopic (exact) mass is 535 g/mol. The third-order valence-corrected chi connectivity index (χ3v) is 7.09. The van der Waals surface area contributed by atoms with E-state index in [0.717, 1.165) is 40.8 Å². The highest BCUT2D eigenvalue weighted by Crippen LogP contribution is 2.40. The number of rotatable bonds is 8. The quantitative estimate of drug-likeness (QED) is 0.241. The van der Waals surface area contributed by atoms with Gasteiger partial charge in [0.1, 0.15) is 5.69 Å². The van der Waals surface area contributed by atoms with Crippen LogP contribution in [0.2, 0.25) is 5.02 Å². The van der Waals surface area contributed by atoms with Gasteiger partial charge in [-0.05, 0) is 38.7 Å². The Balaban J connectivity index is 1.53. The number of para-hydroxylation sites is 1. The maximum absolute atomic E-state index is 12.0. The molecule has 10 nitrogen and oxygen atoms in total. The number of hydrogen-bond acceptors (Lipinski definition) is 8. The summed E-state index contributed by atoms with van der Waals surface area (Å²) in [5, 5.41) is 16.6. The number of nitrogens with zero attached hydrogens (tertiary/aromatic N) is 6. The summed E-state index contributed by atoms with van der Waals surface area (Å²) in [6, 6.07) is 11.5. The molecular weight excluding hydrogens is 506 g/mol. The van der Waals surface area contributed by atoms with Gasteiger partial charge < -0.3 is 24.4 Å². The summed E-state index contributed by atoms with van der Waals surface area (Å²) in [5.41, 5.74) is 5.58. The molecule has 0 saturated carbocycles. The van der Waals surface area contributed by atoms with Crippen molar-refractivity contribution >= 4 is 45.5 Å². The molecule has 4 aromatic rings. The van der Waals surface area contributed by atoms with E-state index in [1.54, 1.807) is 6.20 Å². The standard InChI is InChI=1S/C27H30ClN7O3/c1-17-13-22(33(4)10-9-32(2)3)23(35(36)37)14-20(17)30-27-29-15-19(28)26(31-27)25-18-7-5-6-8-21(18)34-11-12-38-16-24(25)34/h5-8,13-15H,9-12,16H2,1-4H3,(H,29,30,31). The molecule has 0 fully saturated rings. The fourth-order valence-electron chi connectivity index (χ4n) is 4.81. The third-order valence-electron chi connectivity index (χ3n) is 6.82. The summed E-state index contributed by atoms with van der Waals surface area (Å²) in [7, 11) is 5.81. The van der Waals surface area contributed by atoms with Crippen LogP contribution in [0.1, 0.15) is 11.3 Å². The molecule has 0 bridgehead atoms. The average molecular weight is 536 g/mol. The Kier molecular flexibility index (Phi) is 7.20. The van der Waals surface area contributed by atoms with Gasteiger partial charge in [0.15, 0.2) is 0 Å². The maximum Gasteiger partial charge on any atom is 0.294 e. The largest absolute Gasteiger partial charge is 0.373 e. The number of likely N-dealkylation sites (N-methyl/N-ethyl adjacent to an activating group) is 2. The molecule has 1 aliphatic heterocycles. The maximum atomic E-state index is 12.0. The molecule has 0 spiro atoms. The molecule has 0 atom stereocenters. The van der Waals surface area contributed by atoms with E-state index < -0.39 is 0 Å². The van der Waals surface area contributed by atoms with Crippen molar-refractivity contribution in [2.24, 2.45) is 0 Å². The lowest BCUT2D eigenvalue weighted by molar-refractivity contribution is -0.384. The summed E-state index contributed by atoms with van der Waals surface area (Å²) < 4.78 is 8.02. The van der Waals surface area contributed by atoms with E-state index in [9.17, 15) is 10.1 Å². The molecule has 0 radical (unpaired) electrons. The van der Waals surface area contributed by atoms with Crippen LogP contribution >= 0.6 is 11.6 Å². The lowest BCUT2D eigenvalue weighted by Crippen LogP contribution is -2.29. The number of nitro groups is 1. The summed E-state index contributed by atoms with van der Waals surface area (Å²) >= 11 is 6.64. The van der Waals surface area contributed by atoms with Gasteiger partial charge in [0, 0.05) is 49.2 Å². The average Bonchev–Trinajstić information content (AvgIpc) is 3.23. The van der Waals surface area contributed by atoms with Crippen LogP contribution in [-0.2, 0) is 17.9 Å². The first-order valence-electron chi connectivity index (χ1n) is 12.4. The Hall–Kier alpha value is -3.73. The molecule has 0 aliphatic carbocycles. The first-order valence-corrected chi connectivity index (χ1v) is 12.7. The summed E-state index contributed by atoms with van der Waals surface area (Å²) in [4.78, 5) is 24.7. The van der Waals surface area contributed by atoms with Crippen molar-refractivity contribution < 1.29 is 9.66 Å². The van der Waals surface area contributed by atoms with Crippen molar-refractivity contribution in [1.82, 2.24) is 19.4 Å². The SMILES string of the molecule is Cc1cc(N(C)CCN(C)C)c([N+](=O)[O-])cc1Nc1ncc(Cl)c(-c2c3n(c4ccccc24)CCOC3)n1. The zero-order valence-electron chi connectivity index (χ0n) is 21.9. The number of halogens is 1. The van der Waals surface area contributed by atoms with Crippen molar-refractivity contribution in [2.45, 2.75) is 20.1 Å². The molecule has 2 aromatic heterocycles. The molecule has 3 heterocycles. The Morgan fingerprint density at radius 1 is 1.21 bits per heavy atom. The number of fused-ring (bicyclic) bond motifs is 3. The molecule has 0 amide bonds. The lowest BCUT2D eigenvalue weighted by Gasteiger charge is -2.22. The van der Waals surface area contributed by atoms with Crippen molar-refractivity contribution in [1.29, 1.82) is 0 Å². The summed E-state index contributed by atoms with van der Waals surface area (Å²) in [6.45, 7) is 5.19. The predicted molar refractivity (Wildman–Crippen MR) is 151 cm³/mol. The number of anilines is 3. The van der Waals surface area contributed by atoms with Crippen LogP contribution in [0.25, 0.3) is 22.2 Å². The van der Waals surface area contributed by atoms with Crippen LogP contribution in [0.3, 0.4) is 0 Å². The van der Waals surface area contributed by atoms with Gasteiger partial charge in [-0.15, -0.1) is 0 Å². The normalized spacial score (nSPS) is 13.1. The zero-order valence-corrected chi connectivity index (χ0v) is 22.6. The second-order valence-electron chi connectivity index (χ2n) is 9.70. The Morgan fingerprint density at radius 3 is 2.76 bits per heavy atom. The zero-order chi connectivity index (χ0) is 27.0. The first-order chi connectivity index (χ1) is 18.2. The van der Waals surface area contributed by atoms with E-state index >= 15 is 0 Å². The van der Waals surface area contributed by atoms with Crippen LogP contribution < -0.4 is 10.2 Å².